The van der Waals surface area contributed by atoms with Gasteiger partial charge in [-0.25, -0.2) is 0 Å². The van der Waals surface area contributed by atoms with E-state index < -0.39 is 8.40 Å². The van der Waals surface area contributed by atoms with Gasteiger partial charge in [-0.1, -0.05) is 119 Å². The van der Waals surface area contributed by atoms with Crippen LogP contribution in [0.5, 0.6) is 0 Å². The fraction of sp³-hybridized carbons (Fsp3) is 0.613. The molecule has 2 aromatic carbocycles. The molecular formula is C31H51BN2Si. The Kier molecular flexibility index (Phi) is 6.72. The lowest BCUT2D eigenvalue weighted by Gasteiger charge is -2.65. The van der Waals surface area contributed by atoms with E-state index in [2.05, 4.69) is 148 Å². The average Bonchev–Trinajstić information content (AvgIpc) is 2.64. The van der Waals surface area contributed by atoms with Crippen molar-refractivity contribution < 1.29 is 0 Å². The van der Waals surface area contributed by atoms with Gasteiger partial charge in [-0.05, 0) is 63.8 Å². The molecule has 192 valence electrons. The van der Waals surface area contributed by atoms with Gasteiger partial charge in [-0.15, -0.1) is 0 Å². The summed E-state index contributed by atoms with van der Waals surface area (Å²) in [7, 11) is -2.03. The van der Waals surface area contributed by atoms with Crippen molar-refractivity contribution in [3.63, 3.8) is 0 Å². The van der Waals surface area contributed by atoms with Crippen LogP contribution < -0.4 is 8.95 Å². The number of hydrogen-bond donors (Lipinski definition) is 0. The molecule has 0 amide bonds. The largest absolute Gasteiger partial charge is 0.408 e. The average molecular weight is 491 g/mol. The summed E-state index contributed by atoms with van der Waals surface area (Å²) in [6, 6.07) is 14.0. The van der Waals surface area contributed by atoms with Crippen molar-refractivity contribution >= 4 is 26.8 Å². The molecule has 1 heterocycles. The molecule has 0 aliphatic carbocycles. The van der Waals surface area contributed by atoms with Crippen molar-refractivity contribution in [2.45, 2.75) is 125 Å². The molecule has 0 aromatic heterocycles. The lowest BCUT2D eigenvalue weighted by molar-refractivity contribution is 0.569. The first-order chi connectivity index (χ1) is 15.6. The smallest absolute Gasteiger partial charge is 0.357 e. The van der Waals surface area contributed by atoms with E-state index in [1.54, 1.807) is 0 Å². The van der Waals surface area contributed by atoms with E-state index in [1.165, 1.54) is 33.6 Å². The maximum atomic E-state index is 2.83. The maximum Gasteiger partial charge on any atom is 0.357 e. The van der Waals surface area contributed by atoms with E-state index in [4.69, 9.17) is 0 Å². The second-order valence-electron chi connectivity index (χ2n) is 15.3. The van der Waals surface area contributed by atoms with Gasteiger partial charge in [0.15, 0.2) is 0 Å². The molecule has 0 atom stereocenters. The van der Waals surface area contributed by atoms with Crippen molar-refractivity contribution in [3.05, 3.63) is 58.7 Å². The molecule has 0 spiro atoms. The SMILES string of the molecule is CB1N(c2c(C(C)(C)C)cccc2C(C)(C)C)[Si](C)(C)N1c1c(C(C)(C)C)cccc1C(C)(C)C. The fourth-order valence-electron chi connectivity index (χ4n) is 6.04. The van der Waals surface area contributed by atoms with Crippen molar-refractivity contribution in [2.75, 3.05) is 8.95 Å². The Balaban J connectivity index is 2.30. The normalized spacial score (nSPS) is 17.1. The highest BCUT2D eigenvalue weighted by Gasteiger charge is 2.58. The van der Waals surface area contributed by atoms with Gasteiger partial charge in [-0.3, -0.25) is 0 Å². The zero-order chi connectivity index (χ0) is 26.9. The van der Waals surface area contributed by atoms with Crippen molar-refractivity contribution in [3.8, 4) is 0 Å². The Bertz CT molecular complexity index is 941. The molecule has 35 heavy (non-hydrogen) atoms. The van der Waals surface area contributed by atoms with E-state index in [9.17, 15) is 0 Å². The summed E-state index contributed by atoms with van der Waals surface area (Å²) in [5.74, 6) is 0. The summed E-state index contributed by atoms with van der Waals surface area (Å²) in [5.41, 5.74) is 9.19. The standard InChI is InChI=1S/C31H51BN2Si/c1-28(2,3)22-18-16-19-23(29(4,5)6)26(22)33-32(13)34(35(33,14)15)27-24(30(7,8)9)20-17-21-25(27)31(10,11)12/h16-21H,1-15H3. The van der Waals surface area contributed by atoms with Gasteiger partial charge in [0.1, 0.15) is 0 Å². The molecule has 0 saturated carbocycles. The first-order valence-corrected chi connectivity index (χ1v) is 16.4. The van der Waals surface area contributed by atoms with Crippen LogP contribution in [0.1, 0.15) is 105 Å². The summed E-state index contributed by atoms with van der Waals surface area (Å²) in [6.45, 7) is 36.2. The Labute approximate surface area is 218 Å². The monoisotopic (exact) mass is 490 g/mol. The van der Waals surface area contributed by atoms with Crippen LogP contribution in [-0.2, 0) is 21.7 Å². The lowest BCUT2D eigenvalue weighted by Crippen LogP contribution is -2.85. The number of anilines is 2. The van der Waals surface area contributed by atoms with Gasteiger partial charge in [0.2, 0.25) is 8.40 Å². The number of rotatable bonds is 2. The van der Waals surface area contributed by atoms with E-state index in [1.807, 2.05) is 0 Å². The van der Waals surface area contributed by atoms with Gasteiger partial charge >= 0.3 is 6.98 Å². The van der Waals surface area contributed by atoms with Gasteiger partial charge in [0.05, 0.1) is 0 Å². The molecule has 1 fully saturated rings. The zero-order valence-electron chi connectivity index (χ0n) is 25.4. The van der Waals surface area contributed by atoms with E-state index in [0.29, 0.717) is 6.98 Å². The Hall–Kier alpha value is -1.68. The number of benzene rings is 2. The molecule has 2 aromatic rings. The van der Waals surface area contributed by atoms with Crippen molar-refractivity contribution in [1.29, 1.82) is 0 Å². The molecular weight excluding hydrogens is 439 g/mol. The molecule has 0 bridgehead atoms. The van der Waals surface area contributed by atoms with E-state index in [0.717, 1.165) is 0 Å². The molecule has 1 aliphatic rings. The molecule has 0 unspecified atom stereocenters. The van der Waals surface area contributed by atoms with Crippen LogP contribution >= 0.6 is 0 Å². The molecule has 4 heteroatoms. The minimum atomic E-state index is -2.03. The molecule has 0 N–H and O–H groups in total. The van der Waals surface area contributed by atoms with Crippen molar-refractivity contribution in [2.24, 2.45) is 0 Å². The van der Waals surface area contributed by atoms with Gasteiger partial charge in [0.25, 0.3) is 0 Å². The van der Waals surface area contributed by atoms with Gasteiger partial charge in [0, 0.05) is 11.4 Å². The van der Waals surface area contributed by atoms with Crippen LogP contribution in [0, 0.1) is 0 Å². The van der Waals surface area contributed by atoms with Crippen LogP contribution in [0.3, 0.4) is 0 Å². The second kappa shape index (κ2) is 8.43. The molecule has 3 rings (SSSR count). The van der Waals surface area contributed by atoms with Gasteiger partial charge in [-0.2, -0.15) is 0 Å². The molecule has 0 radical (unpaired) electrons. The number of hydrogen-bond acceptors (Lipinski definition) is 2. The first-order valence-electron chi connectivity index (χ1n) is 13.5. The fourth-order valence-corrected chi connectivity index (χ4v) is 9.74. The van der Waals surface area contributed by atoms with E-state index in [-0.39, 0.29) is 21.7 Å². The maximum absolute atomic E-state index is 2.83. The summed E-state index contributed by atoms with van der Waals surface area (Å²) < 4.78 is 5.67. The van der Waals surface area contributed by atoms with Gasteiger partial charge < -0.3 is 8.95 Å². The quantitative estimate of drug-likeness (QED) is 0.388. The summed E-state index contributed by atoms with van der Waals surface area (Å²) in [5, 5.41) is 0. The number of nitrogens with zero attached hydrogens (tertiary/aromatic N) is 2. The topological polar surface area (TPSA) is 6.48 Å². The molecule has 1 saturated heterocycles. The van der Waals surface area contributed by atoms with Crippen molar-refractivity contribution in [1.82, 2.24) is 0 Å². The summed E-state index contributed by atoms with van der Waals surface area (Å²) in [6.07, 6.45) is 0. The lowest BCUT2D eigenvalue weighted by atomic mass is 9.71. The highest BCUT2D eigenvalue weighted by atomic mass is 28.3. The van der Waals surface area contributed by atoms with Crippen LogP contribution in [0.15, 0.2) is 36.4 Å². The Morgan fingerprint density at radius 3 is 0.914 bits per heavy atom. The highest BCUT2D eigenvalue weighted by Crippen LogP contribution is 2.51. The van der Waals surface area contributed by atoms with Crippen LogP contribution in [0.2, 0.25) is 19.9 Å². The first kappa shape index (κ1) is 27.9. The summed E-state index contributed by atoms with van der Waals surface area (Å²) >= 11 is 0. The third-order valence-electron chi connectivity index (χ3n) is 7.71. The predicted octanol–water partition coefficient (Wildman–Crippen LogP) is 9.02. The van der Waals surface area contributed by atoms with Crippen LogP contribution in [0.25, 0.3) is 0 Å². The number of para-hydroxylation sites is 2. The third kappa shape index (κ3) is 4.84. The van der Waals surface area contributed by atoms with Crippen LogP contribution in [0.4, 0.5) is 11.4 Å². The third-order valence-corrected chi connectivity index (χ3v) is 11.3. The Morgan fingerprint density at radius 2 is 0.743 bits per heavy atom. The summed E-state index contributed by atoms with van der Waals surface area (Å²) in [4.78, 5) is 0. The Morgan fingerprint density at radius 1 is 0.514 bits per heavy atom. The molecule has 2 nitrogen and oxygen atoms in total. The minimum absolute atomic E-state index is 0.0844. The highest BCUT2D eigenvalue weighted by molar-refractivity contribution is 7.13. The predicted molar refractivity (Wildman–Crippen MR) is 162 cm³/mol. The van der Waals surface area contributed by atoms with Crippen LogP contribution in [-0.4, -0.2) is 15.4 Å². The minimum Gasteiger partial charge on any atom is -0.408 e. The zero-order valence-corrected chi connectivity index (χ0v) is 26.4. The second-order valence-corrected chi connectivity index (χ2v) is 19.2. The van der Waals surface area contributed by atoms with E-state index >= 15 is 0 Å². The molecule has 1 aliphatic heterocycles.